The maximum Gasteiger partial charge on any atom is 0.264 e. The van der Waals surface area contributed by atoms with Crippen LogP contribution in [0.15, 0.2) is 23.4 Å². The molecule has 1 aliphatic rings. The number of nitrogens with one attached hydrogen (secondary N) is 1. The predicted molar refractivity (Wildman–Crippen MR) is 101 cm³/mol. The van der Waals surface area contributed by atoms with E-state index in [4.69, 9.17) is 28.0 Å². The number of thiazole rings is 1. The summed E-state index contributed by atoms with van der Waals surface area (Å²) >= 11 is 13.7. The van der Waals surface area contributed by atoms with Gasteiger partial charge in [-0.3, -0.25) is 4.79 Å². The van der Waals surface area contributed by atoms with E-state index in [0.29, 0.717) is 22.2 Å². The van der Waals surface area contributed by atoms with Crippen LogP contribution in [-0.4, -0.2) is 22.7 Å². The number of aromatic nitrogens is 1. The summed E-state index contributed by atoms with van der Waals surface area (Å²) in [6, 6.07) is 5.02. The van der Waals surface area contributed by atoms with E-state index in [1.54, 1.807) is 29.5 Å². The molecule has 1 aromatic carbocycles. The zero-order chi connectivity index (χ0) is 18.1. The summed E-state index contributed by atoms with van der Waals surface area (Å²) in [4.78, 5) is 23.2. The van der Waals surface area contributed by atoms with Gasteiger partial charge in [-0.1, -0.05) is 34.4 Å². The second kappa shape index (κ2) is 7.32. The average molecular weight is 398 g/mol. The Labute approximate surface area is 160 Å². The van der Waals surface area contributed by atoms with Crippen LogP contribution in [0.5, 0.6) is 0 Å². The molecule has 2 unspecified atom stereocenters. The summed E-state index contributed by atoms with van der Waals surface area (Å²) in [5.41, 5.74) is 2.30. The van der Waals surface area contributed by atoms with Gasteiger partial charge in [0.15, 0.2) is 0 Å². The minimum atomic E-state index is -0.668. The summed E-state index contributed by atoms with van der Waals surface area (Å²) in [6.07, 6.45) is -0.306. The number of halogens is 2. The lowest BCUT2D eigenvalue weighted by Gasteiger charge is -2.15. The highest BCUT2D eigenvalue weighted by Gasteiger charge is 2.31. The standard InChI is InChI=1S/C17H17Cl2N3O2S/c1-8-16(25-10(3)20-8)9(2)21-17(23)15-7-14(22-24-15)12-5-4-11(18)6-13(12)19/h4-6,9,15H,7H2,1-3H3,(H,21,23). The fourth-order valence-corrected chi connectivity index (χ4v) is 4.17. The molecule has 0 fully saturated rings. The first-order valence-electron chi connectivity index (χ1n) is 7.77. The Morgan fingerprint density at radius 1 is 1.40 bits per heavy atom. The van der Waals surface area contributed by atoms with Gasteiger partial charge >= 0.3 is 0 Å². The van der Waals surface area contributed by atoms with E-state index >= 15 is 0 Å². The number of nitrogens with zero attached hydrogens (tertiary/aromatic N) is 2. The van der Waals surface area contributed by atoms with Crippen LogP contribution in [0, 0.1) is 13.8 Å². The number of carbonyl (C=O) groups is 1. The number of carbonyl (C=O) groups excluding carboxylic acids is 1. The zero-order valence-electron chi connectivity index (χ0n) is 14.0. The number of amides is 1. The third-order valence-corrected chi connectivity index (χ3v) is 5.70. The Balaban J connectivity index is 1.64. The SMILES string of the molecule is Cc1nc(C)c(C(C)NC(=O)C2CC(c3ccc(Cl)cc3Cl)=NO2)s1. The quantitative estimate of drug-likeness (QED) is 0.829. The van der Waals surface area contributed by atoms with Crippen molar-refractivity contribution in [2.24, 2.45) is 5.16 Å². The number of benzene rings is 1. The monoisotopic (exact) mass is 397 g/mol. The van der Waals surface area contributed by atoms with Crippen molar-refractivity contribution in [1.29, 1.82) is 0 Å². The van der Waals surface area contributed by atoms with Crippen LogP contribution in [0.4, 0.5) is 0 Å². The molecule has 0 aliphatic carbocycles. The van der Waals surface area contributed by atoms with Gasteiger partial charge in [-0.05, 0) is 32.9 Å². The second-order valence-corrected chi connectivity index (χ2v) is 7.95. The molecule has 1 aromatic heterocycles. The minimum absolute atomic E-state index is 0.134. The first kappa shape index (κ1) is 18.2. The molecule has 3 rings (SSSR count). The van der Waals surface area contributed by atoms with Crippen molar-refractivity contribution in [2.45, 2.75) is 39.3 Å². The highest BCUT2D eigenvalue weighted by molar-refractivity contribution is 7.11. The van der Waals surface area contributed by atoms with Crippen LogP contribution in [0.1, 0.15) is 40.5 Å². The molecule has 1 amide bonds. The molecule has 2 aromatic rings. The van der Waals surface area contributed by atoms with Crippen molar-refractivity contribution in [3.05, 3.63) is 49.4 Å². The second-order valence-electron chi connectivity index (χ2n) is 5.87. The van der Waals surface area contributed by atoms with Crippen LogP contribution < -0.4 is 5.32 Å². The summed E-state index contributed by atoms with van der Waals surface area (Å²) in [5, 5.41) is 9.00. The van der Waals surface area contributed by atoms with Gasteiger partial charge in [-0.2, -0.15) is 0 Å². The molecular formula is C17H17Cl2N3O2S. The first-order valence-corrected chi connectivity index (χ1v) is 9.35. The molecule has 0 radical (unpaired) electrons. The lowest BCUT2D eigenvalue weighted by molar-refractivity contribution is -0.131. The zero-order valence-corrected chi connectivity index (χ0v) is 16.3. The van der Waals surface area contributed by atoms with E-state index < -0.39 is 6.10 Å². The van der Waals surface area contributed by atoms with Crippen molar-refractivity contribution in [3.8, 4) is 0 Å². The molecule has 2 atom stereocenters. The molecule has 1 aliphatic heterocycles. The largest absolute Gasteiger partial charge is 0.382 e. The summed E-state index contributed by atoms with van der Waals surface area (Å²) in [7, 11) is 0. The smallest absolute Gasteiger partial charge is 0.264 e. The van der Waals surface area contributed by atoms with Crippen LogP contribution in [0.3, 0.4) is 0 Å². The van der Waals surface area contributed by atoms with Crippen LogP contribution >= 0.6 is 34.5 Å². The van der Waals surface area contributed by atoms with Gasteiger partial charge in [0, 0.05) is 21.9 Å². The van der Waals surface area contributed by atoms with E-state index in [-0.39, 0.29) is 11.9 Å². The summed E-state index contributed by atoms with van der Waals surface area (Å²) in [6.45, 7) is 5.83. The van der Waals surface area contributed by atoms with Crippen molar-refractivity contribution in [3.63, 3.8) is 0 Å². The molecule has 8 heteroatoms. The Morgan fingerprint density at radius 3 is 2.80 bits per heavy atom. The molecule has 0 bridgehead atoms. The predicted octanol–water partition coefficient (Wildman–Crippen LogP) is 4.44. The van der Waals surface area contributed by atoms with Crippen molar-refractivity contribution >= 4 is 46.2 Å². The van der Waals surface area contributed by atoms with Crippen LogP contribution in [0.2, 0.25) is 10.0 Å². The lowest BCUT2D eigenvalue weighted by Crippen LogP contribution is -2.36. The van der Waals surface area contributed by atoms with Crippen molar-refractivity contribution in [2.75, 3.05) is 0 Å². The van der Waals surface area contributed by atoms with Gasteiger partial charge in [0.05, 0.1) is 27.5 Å². The third kappa shape index (κ3) is 3.97. The Bertz CT molecular complexity index is 850. The average Bonchev–Trinajstić information content (AvgIpc) is 3.14. The number of rotatable bonds is 4. The van der Waals surface area contributed by atoms with Gasteiger partial charge in [0.1, 0.15) is 0 Å². The van der Waals surface area contributed by atoms with Gasteiger partial charge in [-0.25, -0.2) is 4.98 Å². The van der Waals surface area contributed by atoms with Gasteiger partial charge in [-0.15, -0.1) is 11.3 Å². The van der Waals surface area contributed by atoms with Gasteiger partial charge in [0.25, 0.3) is 5.91 Å². The fraction of sp³-hybridized carbons (Fsp3) is 0.353. The molecule has 0 spiro atoms. The molecule has 132 valence electrons. The normalized spacial score (nSPS) is 17.8. The number of oxime groups is 1. The maximum absolute atomic E-state index is 12.5. The minimum Gasteiger partial charge on any atom is -0.382 e. The summed E-state index contributed by atoms with van der Waals surface area (Å²) < 4.78 is 0. The number of hydrogen-bond donors (Lipinski definition) is 1. The molecular weight excluding hydrogens is 381 g/mol. The van der Waals surface area contributed by atoms with Crippen LogP contribution in [0.25, 0.3) is 0 Å². The Morgan fingerprint density at radius 2 is 2.16 bits per heavy atom. The molecule has 0 saturated carbocycles. The highest BCUT2D eigenvalue weighted by Crippen LogP contribution is 2.27. The molecule has 0 saturated heterocycles. The molecule has 2 heterocycles. The maximum atomic E-state index is 12.5. The lowest BCUT2D eigenvalue weighted by atomic mass is 10.0. The van der Waals surface area contributed by atoms with E-state index in [9.17, 15) is 4.79 Å². The van der Waals surface area contributed by atoms with Crippen molar-refractivity contribution in [1.82, 2.24) is 10.3 Å². The summed E-state index contributed by atoms with van der Waals surface area (Å²) in [5.74, 6) is -0.207. The first-order chi connectivity index (χ1) is 11.8. The Kier molecular flexibility index (Phi) is 5.32. The van der Waals surface area contributed by atoms with Gasteiger partial charge < -0.3 is 10.2 Å². The van der Waals surface area contributed by atoms with Crippen LogP contribution in [-0.2, 0) is 9.63 Å². The molecule has 5 nitrogen and oxygen atoms in total. The van der Waals surface area contributed by atoms with E-state index in [1.807, 2.05) is 20.8 Å². The van der Waals surface area contributed by atoms with Gasteiger partial charge in [0.2, 0.25) is 6.10 Å². The Hall–Kier alpha value is -1.63. The number of hydrogen-bond acceptors (Lipinski definition) is 5. The van der Waals surface area contributed by atoms with E-state index in [1.165, 1.54) is 0 Å². The van der Waals surface area contributed by atoms with Crippen molar-refractivity contribution < 1.29 is 9.63 Å². The fourth-order valence-electron chi connectivity index (χ4n) is 2.72. The third-order valence-electron chi connectivity index (χ3n) is 3.89. The van der Waals surface area contributed by atoms with E-state index in [2.05, 4.69) is 15.5 Å². The highest BCUT2D eigenvalue weighted by atomic mass is 35.5. The molecule has 1 N–H and O–H groups in total. The molecule has 25 heavy (non-hydrogen) atoms. The topological polar surface area (TPSA) is 63.6 Å². The van der Waals surface area contributed by atoms with E-state index in [0.717, 1.165) is 21.1 Å². The number of aryl methyl sites for hydroxylation is 2.